The zero-order valence-corrected chi connectivity index (χ0v) is 15.0. The summed E-state index contributed by atoms with van der Waals surface area (Å²) >= 11 is 0. The first-order valence-electron chi connectivity index (χ1n) is 8.60. The molecule has 136 valence electrons. The number of rotatable bonds is 7. The van der Waals surface area contributed by atoms with Crippen LogP contribution in [0, 0.1) is 0 Å². The third kappa shape index (κ3) is 3.70. The standard InChI is InChI=1S/C20H22N2O4/c1-25-16-9-7-15(8-10-16)22-19(23)13-17(20(22)24)21-12-11-14-5-3-4-6-18(14)26-2/h3-10,17,21H,11-13H2,1-2H3/p+1/t17-/m0/s1. The van der Waals surface area contributed by atoms with Gasteiger partial charge in [0.15, 0.2) is 6.04 Å². The van der Waals surface area contributed by atoms with Gasteiger partial charge in [0.25, 0.3) is 5.91 Å². The smallest absolute Gasteiger partial charge is 0.292 e. The molecule has 2 amide bonds. The number of anilines is 1. The fraction of sp³-hybridized carbons (Fsp3) is 0.300. The highest BCUT2D eigenvalue weighted by Crippen LogP contribution is 2.24. The van der Waals surface area contributed by atoms with Crippen LogP contribution in [0.4, 0.5) is 5.69 Å². The number of para-hydroxylation sites is 1. The Balaban J connectivity index is 1.61. The van der Waals surface area contributed by atoms with E-state index in [2.05, 4.69) is 0 Å². The van der Waals surface area contributed by atoms with Crippen molar-refractivity contribution in [2.24, 2.45) is 0 Å². The van der Waals surface area contributed by atoms with Gasteiger partial charge in [0.1, 0.15) is 11.5 Å². The molecule has 2 aromatic rings. The number of imide groups is 1. The minimum Gasteiger partial charge on any atom is -0.497 e. The normalized spacial score (nSPS) is 16.8. The Kier molecular flexibility index (Phi) is 5.53. The molecule has 0 unspecified atom stereocenters. The van der Waals surface area contributed by atoms with Gasteiger partial charge < -0.3 is 14.8 Å². The number of hydrogen-bond donors (Lipinski definition) is 1. The number of nitrogens with zero attached hydrogens (tertiary/aromatic N) is 1. The van der Waals surface area contributed by atoms with Crippen molar-refractivity contribution in [2.75, 3.05) is 25.7 Å². The Bertz CT molecular complexity index is 789. The maximum absolute atomic E-state index is 12.7. The third-order valence-electron chi connectivity index (χ3n) is 4.57. The van der Waals surface area contributed by atoms with Crippen LogP contribution in [0.2, 0.25) is 0 Å². The van der Waals surface area contributed by atoms with E-state index in [4.69, 9.17) is 9.47 Å². The highest BCUT2D eigenvalue weighted by molar-refractivity contribution is 6.21. The predicted octanol–water partition coefficient (Wildman–Crippen LogP) is 1.14. The molecule has 6 nitrogen and oxygen atoms in total. The molecule has 2 N–H and O–H groups in total. The van der Waals surface area contributed by atoms with Crippen molar-refractivity contribution in [1.82, 2.24) is 0 Å². The quantitative estimate of drug-likeness (QED) is 0.756. The summed E-state index contributed by atoms with van der Waals surface area (Å²) in [5, 5.41) is 1.94. The van der Waals surface area contributed by atoms with Crippen LogP contribution >= 0.6 is 0 Å². The van der Waals surface area contributed by atoms with Crippen molar-refractivity contribution >= 4 is 17.5 Å². The van der Waals surface area contributed by atoms with E-state index in [1.54, 1.807) is 38.5 Å². The van der Waals surface area contributed by atoms with E-state index in [0.29, 0.717) is 18.0 Å². The number of amides is 2. The van der Waals surface area contributed by atoms with Crippen LogP contribution in [0.15, 0.2) is 48.5 Å². The van der Waals surface area contributed by atoms with Gasteiger partial charge >= 0.3 is 0 Å². The monoisotopic (exact) mass is 355 g/mol. The van der Waals surface area contributed by atoms with Gasteiger partial charge in [0, 0.05) is 6.42 Å². The van der Waals surface area contributed by atoms with E-state index in [1.165, 1.54) is 4.90 Å². The molecule has 1 fully saturated rings. The van der Waals surface area contributed by atoms with Gasteiger partial charge in [-0.3, -0.25) is 9.59 Å². The van der Waals surface area contributed by atoms with Crippen LogP contribution in [0.25, 0.3) is 0 Å². The molecule has 26 heavy (non-hydrogen) atoms. The number of methoxy groups -OCH3 is 2. The van der Waals surface area contributed by atoms with Crippen LogP contribution in [-0.4, -0.2) is 38.6 Å². The number of benzene rings is 2. The van der Waals surface area contributed by atoms with E-state index in [1.807, 2.05) is 29.6 Å². The summed E-state index contributed by atoms with van der Waals surface area (Å²) in [6, 6.07) is 14.4. The zero-order valence-electron chi connectivity index (χ0n) is 15.0. The van der Waals surface area contributed by atoms with Gasteiger partial charge in [-0.1, -0.05) is 18.2 Å². The van der Waals surface area contributed by atoms with Crippen molar-refractivity contribution in [1.29, 1.82) is 0 Å². The van der Waals surface area contributed by atoms with Gasteiger partial charge in [-0.25, -0.2) is 4.90 Å². The number of quaternary nitrogens is 1. The van der Waals surface area contributed by atoms with E-state index >= 15 is 0 Å². The van der Waals surface area contributed by atoms with E-state index in [-0.39, 0.29) is 24.3 Å². The molecule has 6 heteroatoms. The van der Waals surface area contributed by atoms with E-state index in [9.17, 15) is 9.59 Å². The molecule has 2 aromatic carbocycles. The Labute approximate surface area is 152 Å². The lowest BCUT2D eigenvalue weighted by Gasteiger charge is -2.14. The predicted molar refractivity (Wildman–Crippen MR) is 97.4 cm³/mol. The maximum Gasteiger partial charge on any atom is 0.292 e. The van der Waals surface area contributed by atoms with Crippen LogP contribution in [0.1, 0.15) is 12.0 Å². The second kappa shape index (κ2) is 8.01. The number of nitrogens with two attached hydrogens (primary N) is 1. The molecule has 1 aliphatic heterocycles. The first kappa shape index (κ1) is 17.9. The molecule has 0 saturated carbocycles. The molecule has 0 radical (unpaired) electrons. The first-order chi connectivity index (χ1) is 12.6. The number of carbonyl (C=O) groups excluding carboxylic acids is 2. The second-order valence-corrected chi connectivity index (χ2v) is 6.16. The Morgan fingerprint density at radius 3 is 2.46 bits per heavy atom. The highest BCUT2D eigenvalue weighted by atomic mass is 16.5. The van der Waals surface area contributed by atoms with Gasteiger partial charge in [-0.2, -0.15) is 0 Å². The number of hydrogen-bond acceptors (Lipinski definition) is 4. The van der Waals surface area contributed by atoms with Crippen LogP contribution in [0.5, 0.6) is 11.5 Å². The summed E-state index contributed by atoms with van der Waals surface area (Å²) in [6.45, 7) is 0.709. The molecule has 3 rings (SSSR count). The highest BCUT2D eigenvalue weighted by Gasteiger charge is 2.42. The summed E-state index contributed by atoms with van der Waals surface area (Å²) in [7, 11) is 3.22. The fourth-order valence-corrected chi connectivity index (χ4v) is 3.19. The van der Waals surface area contributed by atoms with Crippen molar-refractivity contribution in [3.63, 3.8) is 0 Å². The van der Waals surface area contributed by atoms with Crippen molar-refractivity contribution in [3.05, 3.63) is 54.1 Å². The molecule has 0 spiro atoms. The third-order valence-corrected chi connectivity index (χ3v) is 4.57. The van der Waals surface area contributed by atoms with Crippen molar-refractivity contribution in [3.8, 4) is 11.5 Å². The SMILES string of the molecule is COc1ccc(N2C(=O)C[C@H]([NH2+]CCc3ccccc3OC)C2=O)cc1. The summed E-state index contributed by atoms with van der Waals surface area (Å²) in [5.74, 6) is 1.20. The molecular weight excluding hydrogens is 332 g/mol. The van der Waals surface area contributed by atoms with Gasteiger partial charge in [0.2, 0.25) is 5.91 Å². The molecule has 0 aromatic heterocycles. The van der Waals surface area contributed by atoms with Crippen molar-refractivity contribution in [2.45, 2.75) is 18.9 Å². The molecule has 0 bridgehead atoms. The Morgan fingerprint density at radius 1 is 1.04 bits per heavy atom. The van der Waals surface area contributed by atoms with E-state index in [0.717, 1.165) is 17.7 Å². The average molecular weight is 355 g/mol. The lowest BCUT2D eigenvalue weighted by molar-refractivity contribution is -0.674. The van der Waals surface area contributed by atoms with Crippen LogP contribution in [0.3, 0.4) is 0 Å². The van der Waals surface area contributed by atoms with Crippen molar-refractivity contribution < 1.29 is 24.4 Å². The molecule has 1 aliphatic rings. The van der Waals surface area contributed by atoms with Gasteiger partial charge in [-0.05, 0) is 35.9 Å². The lowest BCUT2D eigenvalue weighted by atomic mass is 10.1. The molecule has 0 aliphatic carbocycles. The zero-order chi connectivity index (χ0) is 18.5. The maximum atomic E-state index is 12.7. The minimum absolute atomic E-state index is 0.166. The molecule has 1 saturated heterocycles. The topological polar surface area (TPSA) is 72.4 Å². The minimum atomic E-state index is -0.376. The summed E-state index contributed by atoms with van der Waals surface area (Å²) in [6.07, 6.45) is 0.987. The van der Waals surface area contributed by atoms with Gasteiger partial charge in [-0.15, -0.1) is 0 Å². The Hall–Kier alpha value is -2.86. The van der Waals surface area contributed by atoms with E-state index < -0.39 is 0 Å². The number of ether oxygens (including phenoxy) is 2. The second-order valence-electron chi connectivity index (χ2n) is 6.16. The number of carbonyl (C=O) groups is 2. The van der Waals surface area contributed by atoms with Gasteiger partial charge in [0.05, 0.1) is 32.9 Å². The summed E-state index contributed by atoms with van der Waals surface area (Å²) in [5.41, 5.74) is 1.68. The largest absolute Gasteiger partial charge is 0.497 e. The first-order valence-corrected chi connectivity index (χ1v) is 8.60. The molecule has 1 atom stereocenters. The Morgan fingerprint density at radius 2 is 1.77 bits per heavy atom. The van der Waals surface area contributed by atoms with Crippen LogP contribution < -0.4 is 19.7 Å². The lowest BCUT2D eigenvalue weighted by Crippen LogP contribution is -2.92. The molecule has 1 heterocycles. The van der Waals surface area contributed by atoms with Crippen LogP contribution in [-0.2, 0) is 16.0 Å². The summed E-state index contributed by atoms with van der Waals surface area (Å²) in [4.78, 5) is 26.2. The summed E-state index contributed by atoms with van der Waals surface area (Å²) < 4.78 is 10.5. The molecular formula is C20H23N2O4+. The fourth-order valence-electron chi connectivity index (χ4n) is 3.19. The average Bonchev–Trinajstić information content (AvgIpc) is 2.95.